The van der Waals surface area contributed by atoms with Gasteiger partial charge in [-0.3, -0.25) is 4.79 Å². The molecule has 0 spiro atoms. The topological polar surface area (TPSA) is 82.9 Å². The second-order valence-electron chi connectivity index (χ2n) is 3.36. The lowest BCUT2D eigenvalue weighted by atomic mass is 10.3. The van der Waals surface area contributed by atoms with Crippen LogP contribution in [-0.4, -0.2) is 28.3 Å². The highest BCUT2D eigenvalue weighted by Gasteiger charge is 2.17. The zero-order valence-corrected chi connectivity index (χ0v) is 9.32. The Kier molecular flexibility index (Phi) is 2.69. The van der Waals surface area contributed by atoms with E-state index in [0.717, 1.165) is 29.5 Å². The van der Waals surface area contributed by atoms with Crippen LogP contribution in [0.5, 0.6) is 0 Å². The van der Waals surface area contributed by atoms with E-state index in [0.29, 0.717) is 11.7 Å². The number of hydrogen-bond acceptors (Lipinski definition) is 6. The van der Waals surface area contributed by atoms with Gasteiger partial charge in [0, 0.05) is 24.7 Å². The van der Waals surface area contributed by atoms with Crippen molar-refractivity contribution < 1.29 is 9.90 Å². The minimum atomic E-state index is -1.12. The minimum absolute atomic E-state index is 0.0187. The second-order valence-corrected chi connectivity index (χ2v) is 4.37. The number of nitrogens with zero attached hydrogens (tertiary/aromatic N) is 3. The Bertz CT molecular complexity index is 523. The molecule has 1 aromatic heterocycles. The first kappa shape index (κ1) is 10.7. The van der Waals surface area contributed by atoms with Gasteiger partial charge in [0.05, 0.1) is 0 Å². The maximum atomic E-state index is 11.2. The van der Waals surface area contributed by atoms with Crippen LogP contribution in [0.3, 0.4) is 0 Å². The molecule has 1 N–H and O–H groups in total. The average Bonchev–Trinajstić information content (AvgIpc) is 2.64. The molecule has 6 nitrogen and oxygen atoms in total. The number of carbonyl (C=O) groups is 1. The van der Waals surface area contributed by atoms with Crippen LogP contribution in [0.25, 0.3) is 0 Å². The van der Waals surface area contributed by atoms with Crippen LogP contribution in [0.4, 0.5) is 5.13 Å². The molecule has 0 unspecified atom stereocenters. The van der Waals surface area contributed by atoms with Crippen molar-refractivity contribution in [3.05, 3.63) is 21.3 Å². The molecule has 0 bridgehead atoms. The van der Waals surface area contributed by atoms with Crippen molar-refractivity contribution in [1.29, 1.82) is 0 Å². The van der Waals surface area contributed by atoms with Gasteiger partial charge in [0.15, 0.2) is 0 Å². The molecule has 0 aromatic carbocycles. The normalized spacial score (nSPS) is 15.1. The summed E-state index contributed by atoms with van der Waals surface area (Å²) in [5.41, 5.74) is 0.396. The first-order valence-electron chi connectivity index (χ1n) is 4.63. The highest BCUT2D eigenvalue weighted by Crippen LogP contribution is 2.22. The van der Waals surface area contributed by atoms with Crippen LogP contribution in [0.2, 0.25) is 0 Å². The Morgan fingerprint density at radius 3 is 2.94 bits per heavy atom. The monoisotopic (exact) mass is 239 g/mol. The summed E-state index contributed by atoms with van der Waals surface area (Å²) in [6.45, 7) is 2.52. The summed E-state index contributed by atoms with van der Waals surface area (Å²) in [7, 11) is 0. The molecule has 0 saturated carbocycles. The molecular formula is C9H9N3O3S. The molecule has 1 aromatic rings. The first-order chi connectivity index (χ1) is 7.56. The number of aromatic carboxylic acids is 1. The Balaban J connectivity index is 2.42. The van der Waals surface area contributed by atoms with E-state index in [1.165, 1.54) is 0 Å². The van der Waals surface area contributed by atoms with Crippen molar-refractivity contribution in [2.75, 3.05) is 11.6 Å². The fourth-order valence-corrected chi connectivity index (χ4v) is 2.13. The maximum Gasteiger partial charge on any atom is 0.346 e. The number of aromatic nitrogens is 1. The smallest absolute Gasteiger partial charge is 0.346 e. The Labute approximate surface area is 94.9 Å². The molecular weight excluding hydrogens is 230 g/mol. The fraction of sp³-hybridized carbons (Fsp3) is 0.333. The third-order valence-electron chi connectivity index (χ3n) is 2.07. The fourth-order valence-electron chi connectivity index (χ4n) is 1.32. The average molecular weight is 239 g/mol. The van der Waals surface area contributed by atoms with Crippen molar-refractivity contribution in [1.82, 2.24) is 4.98 Å². The Hall–Kier alpha value is -1.76. The van der Waals surface area contributed by atoms with E-state index in [-0.39, 0.29) is 4.88 Å². The standard InChI is InChI=1S/C9H9N3O3S/c1-5-2-3-12(11-5)9-10-7(13)4-6(16-9)8(14)15/h4H,2-3H2,1H3,(H,14,15). The summed E-state index contributed by atoms with van der Waals surface area (Å²) in [6.07, 6.45) is 0.805. The van der Waals surface area contributed by atoms with Gasteiger partial charge in [0.1, 0.15) is 4.88 Å². The lowest BCUT2D eigenvalue weighted by Crippen LogP contribution is -2.18. The van der Waals surface area contributed by atoms with E-state index < -0.39 is 11.5 Å². The van der Waals surface area contributed by atoms with Gasteiger partial charge < -0.3 is 5.11 Å². The van der Waals surface area contributed by atoms with E-state index in [9.17, 15) is 9.59 Å². The van der Waals surface area contributed by atoms with E-state index in [1.54, 1.807) is 5.01 Å². The van der Waals surface area contributed by atoms with E-state index in [1.807, 2.05) is 6.92 Å². The predicted molar refractivity (Wildman–Crippen MR) is 60.4 cm³/mol. The Morgan fingerprint density at radius 2 is 2.38 bits per heavy atom. The van der Waals surface area contributed by atoms with Crippen LogP contribution in [0.1, 0.15) is 23.0 Å². The van der Waals surface area contributed by atoms with Crippen molar-refractivity contribution in [2.24, 2.45) is 5.10 Å². The van der Waals surface area contributed by atoms with E-state index in [4.69, 9.17) is 5.11 Å². The summed E-state index contributed by atoms with van der Waals surface area (Å²) < 4.78 is 0. The van der Waals surface area contributed by atoms with Gasteiger partial charge in [-0.1, -0.05) is 11.3 Å². The molecule has 0 atom stereocenters. The van der Waals surface area contributed by atoms with Crippen LogP contribution in [-0.2, 0) is 0 Å². The molecule has 2 heterocycles. The molecule has 1 aliphatic rings. The maximum absolute atomic E-state index is 11.2. The molecule has 0 radical (unpaired) electrons. The zero-order valence-electron chi connectivity index (χ0n) is 8.51. The molecule has 0 saturated heterocycles. The third-order valence-corrected chi connectivity index (χ3v) is 3.07. The number of rotatable bonds is 2. The summed E-state index contributed by atoms with van der Waals surface area (Å²) in [5, 5.41) is 14.9. The number of anilines is 1. The Morgan fingerprint density at radius 1 is 1.62 bits per heavy atom. The number of hydrazone groups is 1. The van der Waals surface area contributed by atoms with Gasteiger partial charge in [-0.15, -0.1) is 0 Å². The van der Waals surface area contributed by atoms with Crippen LogP contribution in [0.15, 0.2) is 16.0 Å². The summed E-state index contributed by atoms with van der Waals surface area (Å²) >= 11 is 0.952. The number of hydrogen-bond donors (Lipinski definition) is 1. The molecule has 2 rings (SSSR count). The zero-order chi connectivity index (χ0) is 11.7. The highest BCUT2D eigenvalue weighted by molar-refractivity contribution is 7.17. The molecule has 16 heavy (non-hydrogen) atoms. The molecule has 84 valence electrons. The molecule has 1 aliphatic heterocycles. The molecule has 0 fully saturated rings. The van der Waals surface area contributed by atoms with Gasteiger partial charge in [-0.25, -0.2) is 9.80 Å². The van der Waals surface area contributed by atoms with Crippen LogP contribution in [0, 0.1) is 0 Å². The quantitative estimate of drug-likeness (QED) is 0.824. The molecule has 7 heteroatoms. The van der Waals surface area contributed by atoms with Crippen LogP contribution >= 0.6 is 11.3 Å². The van der Waals surface area contributed by atoms with Gasteiger partial charge in [0.2, 0.25) is 5.13 Å². The summed E-state index contributed by atoms with van der Waals surface area (Å²) in [4.78, 5) is 25.7. The summed E-state index contributed by atoms with van der Waals surface area (Å²) in [5.74, 6) is -1.12. The lowest BCUT2D eigenvalue weighted by Gasteiger charge is -2.10. The van der Waals surface area contributed by atoms with Gasteiger partial charge in [-0.2, -0.15) is 10.1 Å². The third kappa shape index (κ3) is 2.08. The van der Waals surface area contributed by atoms with Crippen molar-refractivity contribution >= 4 is 28.1 Å². The van der Waals surface area contributed by atoms with Gasteiger partial charge in [-0.05, 0) is 6.92 Å². The predicted octanol–water partition coefficient (Wildman–Crippen LogP) is 0.788. The SMILES string of the molecule is CC1=NN(c2nc(=O)cc(C(=O)O)s2)CC1. The van der Waals surface area contributed by atoms with Crippen LogP contribution < -0.4 is 10.6 Å². The summed E-state index contributed by atoms with van der Waals surface area (Å²) in [6, 6.07) is 1.02. The van der Waals surface area contributed by atoms with E-state index >= 15 is 0 Å². The van der Waals surface area contributed by atoms with Gasteiger partial charge in [0.25, 0.3) is 5.56 Å². The van der Waals surface area contributed by atoms with E-state index in [2.05, 4.69) is 10.1 Å². The molecule has 0 amide bonds. The van der Waals surface area contributed by atoms with Crippen molar-refractivity contribution in [2.45, 2.75) is 13.3 Å². The minimum Gasteiger partial charge on any atom is -0.477 e. The van der Waals surface area contributed by atoms with Gasteiger partial charge >= 0.3 is 5.97 Å². The largest absolute Gasteiger partial charge is 0.477 e. The number of carboxylic acids is 1. The molecule has 0 aliphatic carbocycles. The highest BCUT2D eigenvalue weighted by atomic mass is 32.1. The lowest BCUT2D eigenvalue weighted by molar-refractivity contribution is 0.0702. The van der Waals surface area contributed by atoms with Crippen molar-refractivity contribution in [3.8, 4) is 0 Å². The first-order valence-corrected chi connectivity index (χ1v) is 5.45. The number of carboxylic acid groups (broad SMARTS) is 1. The second kappa shape index (κ2) is 4.01. The van der Waals surface area contributed by atoms with Crippen molar-refractivity contribution in [3.63, 3.8) is 0 Å².